The molecule has 7 heteroatoms. The highest BCUT2D eigenvalue weighted by molar-refractivity contribution is 5.95. The fraction of sp³-hybridized carbons (Fsp3) is 0.294. The number of anilines is 1. The summed E-state index contributed by atoms with van der Waals surface area (Å²) >= 11 is 0. The minimum absolute atomic E-state index is 0.282. The molecule has 0 saturated heterocycles. The Balaban J connectivity index is 1.70. The van der Waals surface area contributed by atoms with Crippen LogP contribution in [-0.4, -0.2) is 27.1 Å². The van der Waals surface area contributed by atoms with Crippen molar-refractivity contribution in [3.63, 3.8) is 0 Å². The summed E-state index contributed by atoms with van der Waals surface area (Å²) in [5.41, 5.74) is 1.37. The predicted octanol–water partition coefficient (Wildman–Crippen LogP) is 2.65. The fourth-order valence-electron chi connectivity index (χ4n) is 2.73. The summed E-state index contributed by atoms with van der Waals surface area (Å²) in [6, 6.07) is 7.01. The Kier molecular flexibility index (Phi) is 4.41. The molecule has 0 spiro atoms. The number of carbonyl (C=O) groups excluding carboxylic acids is 1. The number of rotatable bonds is 4. The molecule has 0 aliphatic heterocycles. The van der Waals surface area contributed by atoms with E-state index in [9.17, 15) is 14.7 Å². The largest absolute Gasteiger partial charge is 0.481 e. The Labute approximate surface area is 138 Å². The number of nitrogens with one attached hydrogen (secondary N) is 1. The second-order valence-electron chi connectivity index (χ2n) is 5.70. The van der Waals surface area contributed by atoms with Crippen molar-refractivity contribution < 1.29 is 19.2 Å². The van der Waals surface area contributed by atoms with Crippen LogP contribution in [-0.2, 0) is 9.59 Å². The fourth-order valence-corrected chi connectivity index (χ4v) is 2.73. The average molecular weight is 327 g/mol. The van der Waals surface area contributed by atoms with Crippen molar-refractivity contribution in [2.24, 2.45) is 11.8 Å². The van der Waals surface area contributed by atoms with E-state index in [-0.39, 0.29) is 5.91 Å². The normalized spacial score (nSPS) is 19.9. The molecule has 1 aromatic heterocycles. The third-order valence-electron chi connectivity index (χ3n) is 4.02. The maximum absolute atomic E-state index is 12.4. The van der Waals surface area contributed by atoms with Gasteiger partial charge in [-0.25, -0.2) is 0 Å². The van der Waals surface area contributed by atoms with E-state index < -0.39 is 17.8 Å². The standard InChI is InChI=1S/C17H17N3O4/c1-10-18-15(20-24-10)11-6-8-12(9-7-11)19-16(21)13-4-2-3-5-14(13)17(22)23/h2-3,6-9,13-14H,4-5H2,1H3,(H,19,21)(H,22,23). The maximum atomic E-state index is 12.4. The molecule has 24 heavy (non-hydrogen) atoms. The van der Waals surface area contributed by atoms with Gasteiger partial charge in [-0.05, 0) is 37.1 Å². The van der Waals surface area contributed by atoms with Crippen LogP contribution >= 0.6 is 0 Å². The van der Waals surface area contributed by atoms with E-state index in [4.69, 9.17) is 4.52 Å². The summed E-state index contributed by atoms with van der Waals surface area (Å²) in [5.74, 6) is -1.51. The molecule has 3 rings (SSSR count). The van der Waals surface area contributed by atoms with Crippen molar-refractivity contribution >= 4 is 17.6 Å². The van der Waals surface area contributed by atoms with Crippen LogP contribution < -0.4 is 5.32 Å². The highest BCUT2D eigenvalue weighted by atomic mass is 16.5. The lowest BCUT2D eigenvalue weighted by Gasteiger charge is -2.24. The van der Waals surface area contributed by atoms with E-state index in [1.54, 1.807) is 31.2 Å². The zero-order chi connectivity index (χ0) is 17.1. The number of amides is 1. The number of nitrogens with zero attached hydrogens (tertiary/aromatic N) is 2. The zero-order valence-electron chi connectivity index (χ0n) is 13.1. The van der Waals surface area contributed by atoms with E-state index >= 15 is 0 Å². The van der Waals surface area contributed by atoms with Crippen LogP contribution in [0.5, 0.6) is 0 Å². The molecule has 1 aliphatic rings. The first-order valence-corrected chi connectivity index (χ1v) is 7.64. The molecular weight excluding hydrogens is 310 g/mol. The highest BCUT2D eigenvalue weighted by Crippen LogP contribution is 2.27. The second kappa shape index (κ2) is 6.66. The van der Waals surface area contributed by atoms with Gasteiger partial charge in [0.2, 0.25) is 17.6 Å². The van der Waals surface area contributed by atoms with Crippen molar-refractivity contribution in [1.82, 2.24) is 10.1 Å². The van der Waals surface area contributed by atoms with Gasteiger partial charge in [0.1, 0.15) is 0 Å². The van der Waals surface area contributed by atoms with Crippen LogP contribution in [0.3, 0.4) is 0 Å². The Morgan fingerprint density at radius 3 is 2.42 bits per heavy atom. The van der Waals surface area contributed by atoms with Crippen molar-refractivity contribution in [2.45, 2.75) is 19.8 Å². The van der Waals surface area contributed by atoms with Gasteiger partial charge in [0, 0.05) is 18.2 Å². The number of benzene rings is 1. The summed E-state index contributed by atoms with van der Waals surface area (Å²) in [6.07, 6.45) is 4.47. The van der Waals surface area contributed by atoms with Crippen molar-refractivity contribution in [1.29, 1.82) is 0 Å². The number of carbonyl (C=O) groups is 2. The number of aryl methyl sites for hydroxylation is 1. The molecule has 7 nitrogen and oxygen atoms in total. The molecule has 2 unspecified atom stereocenters. The third-order valence-corrected chi connectivity index (χ3v) is 4.02. The van der Waals surface area contributed by atoms with Crippen LogP contribution in [0.4, 0.5) is 5.69 Å². The summed E-state index contributed by atoms with van der Waals surface area (Å²) in [4.78, 5) is 27.8. The monoisotopic (exact) mass is 327 g/mol. The molecule has 1 aromatic carbocycles. The number of carboxylic acid groups (broad SMARTS) is 1. The second-order valence-corrected chi connectivity index (χ2v) is 5.70. The molecule has 1 amide bonds. The molecule has 0 bridgehead atoms. The van der Waals surface area contributed by atoms with Gasteiger partial charge in [-0.3, -0.25) is 9.59 Å². The molecular formula is C17H17N3O4. The Hall–Kier alpha value is -2.96. The number of hydrogen-bond donors (Lipinski definition) is 2. The minimum atomic E-state index is -0.942. The Morgan fingerprint density at radius 1 is 1.17 bits per heavy atom. The summed E-state index contributed by atoms with van der Waals surface area (Å²) in [7, 11) is 0. The Morgan fingerprint density at radius 2 is 1.83 bits per heavy atom. The lowest BCUT2D eigenvalue weighted by molar-refractivity contribution is -0.146. The van der Waals surface area contributed by atoms with Crippen molar-refractivity contribution in [3.05, 3.63) is 42.3 Å². The number of aromatic nitrogens is 2. The Bertz CT molecular complexity index is 779. The van der Waals surface area contributed by atoms with E-state index in [1.165, 1.54) is 0 Å². The van der Waals surface area contributed by atoms with Crippen molar-refractivity contribution in [2.75, 3.05) is 5.32 Å². The quantitative estimate of drug-likeness (QED) is 0.836. The topological polar surface area (TPSA) is 105 Å². The molecule has 124 valence electrons. The molecule has 0 saturated carbocycles. The highest BCUT2D eigenvalue weighted by Gasteiger charge is 2.33. The maximum Gasteiger partial charge on any atom is 0.307 e. The first-order valence-electron chi connectivity index (χ1n) is 7.64. The van der Waals surface area contributed by atoms with E-state index in [0.717, 1.165) is 5.56 Å². The van der Waals surface area contributed by atoms with E-state index in [2.05, 4.69) is 15.5 Å². The summed E-state index contributed by atoms with van der Waals surface area (Å²) < 4.78 is 4.93. The number of allylic oxidation sites excluding steroid dienone is 2. The molecule has 1 heterocycles. The van der Waals surface area contributed by atoms with E-state index in [0.29, 0.717) is 30.2 Å². The molecule has 2 N–H and O–H groups in total. The van der Waals surface area contributed by atoms with Crippen LogP contribution in [0.1, 0.15) is 18.7 Å². The first-order chi connectivity index (χ1) is 11.5. The molecule has 0 fully saturated rings. The first kappa shape index (κ1) is 15.9. The summed E-state index contributed by atoms with van der Waals surface area (Å²) in [6.45, 7) is 1.71. The van der Waals surface area contributed by atoms with Crippen LogP contribution in [0.25, 0.3) is 11.4 Å². The molecule has 2 aromatic rings. The van der Waals surface area contributed by atoms with Gasteiger partial charge in [-0.2, -0.15) is 4.98 Å². The van der Waals surface area contributed by atoms with Gasteiger partial charge in [-0.1, -0.05) is 17.3 Å². The number of aliphatic carboxylic acids is 1. The number of carboxylic acids is 1. The van der Waals surface area contributed by atoms with Gasteiger partial charge < -0.3 is 14.9 Å². The lowest BCUT2D eigenvalue weighted by Crippen LogP contribution is -2.34. The number of hydrogen-bond acceptors (Lipinski definition) is 5. The van der Waals surface area contributed by atoms with Gasteiger partial charge in [-0.15, -0.1) is 0 Å². The SMILES string of the molecule is Cc1nc(-c2ccc(NC(=O)C3CC=CCC3C(=O)O)cc2)no1. The van der Waals surface area contributed by atoms with Crippen LogP contribution in [0.15, 0.2) is 40.9 Å². The lowest BCUT2D eigenvalue weighted by atomic mass is 9.82. The van der Waals surface area contributed by atoms with Crippen LogP contribution in [0.2, 0.25) is 0 Å². The average Bonchev–Trinajstić information content (AvgIpc) is 3.02. The minimum Gasteiger partial charge on any atom is -0.481 e. The van der Waals surface area contributed by atoms with Gasteiger partial charge in [0.05, 0.1) is 11.8 Å². The predicted molar refractivity (Wildman–Crippen MR) is 86.1 cm³/mol. The zero-order valence-corrected chi connectivity index (χ0v) is 13.1. The van der Waals surface area contributed by atoms with Crippen molar-refractivity contribution in [3.8, 4) is 11.4 Å². The molecule has 1 aliphatic carbocycles. The molecule has 0 radical (unpaired) electrons. The molecule has 2 atom stereocenters. The summed E-state index contributed by atoms with van der Waals surface area (Å²) in [5, 5.41) is 15.9. The third kappa shape index (κ3) is 3.34. The van der Waals surface area contributed by atoms with Gasteiger partial charge in [0.15, 0.2) is 0 Å². The van der Waals surface area contributed by atoms with E-state index in [1.807, 2.05) is 12.2 Å². The smallest absolute Gasteiger partial charge is 0.307 e. The van der Waals surface area contributed by atoms with Gasteiger partial charge >= 0.3 is 5.97 Å². The van der Waals surface area contributed by atoms with Gasteiger partial charge in [0.25, 0.3) is 0 Å². The van der Waals surface area contributed by atoms with Crippen LogP contribution in [0, 0.1) is 18.8 Å².